The number of hydrogen-bond acceptors (Lipinski definition) is 6. The molecule has 0 aliphatic heterocycles. The SMILES string of the molecule is COCCN(CCO)CCn1c([N+](=O)[O-])cnc1C. The van der Waals surface area contributed by atoms with Crippen molar-refractivity contribution in [3.05, 3.63) is 22.1 Å². The van der Waals surface area contributed by atoms with Crippen molar-refractivity contribution in [3.8, 4) is 0 Å². The van der Waals surface area contributed by atoms with Crippen LogP contribution >= 0.6 is 0 Å². The maximum Gasteiger partial charge on any atom is 0.342 e. The molecule has 0 amide bonds. The molecule has 8 nitrogen and oxygen atoms in total. The molecule has 1 heterocycles. The van der Waals surface area contributed by atoms with E-state index in [1.165, 1.54) is 6.20 Å². The Balaban J connectivity index is 2.62. The van der Waals surface area contributed by atoms with Crippen molar-refractivity contribution in [1.82, 2.24) is 14.5 Å². The average Bonchev–Trinajstić information content (AvgIpc) is 2.74. The standard InChI is InChI=1S/C11H20N4O4/c1-10-12-9-11(15(17)18)14(10)4-3-13(5-7-16)6-8-19-2/h9,16H,3-8H2,1-2H3. The van der Waals surface area contributed by atoms with E-state index in [1.54, 1.807) is 18.6 Å². The van der Waals surface area contributed by atoms with Gasteiger partial charge in [-0.25, -0.2) is 9.55 Å². The number of methoxy groups -OCH3 is 1. The van der Waals surface area contributed by atoms with Gasteiger partial charge < -0.3 is 20.0 Å². The molecule has 1 N–H and O–H groups in total. The quantitative estimate of drug-likeness (QED) is 0.504. The molecule has 0 aromatic carbocycles. The Morgan fingerprint density at radius 3 is 2.84 bits per heavy atom. The van der Waals surface area contributed by atoms with Crippen LogP contribution in [0, 0.1) is 17.0 Å². The second kappa shape index (κ2) is 7.82. The zero-order valence-electron chi connectivity index (χ0n) is 11.3. The molecule has 0 atom stereocenters. The molecule has 0 spiro atoms. The maximum absolute atomic E-state index is 10.8. The summed E-state index contributed by atoms with van der Waals surface area (Å²) < 4.78 is 6.56. The number of aryl methyl sites for hydroxylation is 1. The Labute approximate surface area is 111 Å². The molecule has 108 valence electrons. The second-order valence-electron chi connectivity index (χ2n) is 4.13. The summed E-state index contributed by atoms with van der Waals surface area (Å²) in [5.41, 5.74) is 0. The number of aromatic nitrogens is 2. The molecule has 1 aromatic heterocycles. The van der Waals surface area contributed by atoms with Gasteiger partial charge >= 0.3 is 5.82 Å². The van der Waals surface area contributed by atoms with Gasteiger partial charge in [0, 0.05) is 33.7 Å². The zero-order valence-corrected chi connectivity index (χ0v) is 11.3. The van der Waals surface area contributed by atoms with E-state index in [0.717, 1.165) is 0 Å². The first kappa shape index (κ1) is 15.5. The lowest BCUT2D eigenvalue weighted by Gasteiger charge is -2.20. The summed E-state index contributed by atoms with van der Waals surface area (Å²) in [7, 11) is 1.61. The third kappa shape index (κ3) is 4.58. The highest BCUT2D eigenvalue weighted by molar-refractivity contribution is 5.18. The summed E-state index contributed by atoms with van der Waals surface area (Å²) in [6.45, 7) is 4.61. The van der Waals surface area contributed by atoms with Crippen molar-refractivity contribution in [1.29, 1.82) is 0 Å². The maximum atomic E-state index is 10.8. The minimum Gasteiger partial charge on any atom is -0.395 e. The number of hydrogen-bond donors (Lipinski definition) is 1. The summed E-state index contributed by atoms with van der Waals surface area (Å²) >= 11 is 0. The van der Waals surface area contributed by atoms with Crippen LogP contribution in [0.4, 0.5) is 5.82 Å². The molecule has 0 fully saturated rings. The number of aliphatic hydroxyl groups is 1. The number of aliphatic hydroxyl groups excluding tert-OH is 1. The fourth-order valence-corrected chi connectivity index (χ4v) is 1.82. The molecule has 0 saturated carbocycles. The van der Waals surface area contributed by atoms with Crippen LogP contribution in [0.2, 0.25) is 0 Å². The first-order valence-corrected chi connectivity index (χ1v) is 6.08. The van der Waals surface area contributed by atoms with Gasteiger partial charge in [0.25, 0.3) is 0 Å². The largest absolute Gasteiger partial charge is 0.395 e. The topological polar surface area (TPSA) is 93.7 Å². The number of imidazole rings is 1. The van der Waals surface area contributed by atoms with Crippen LogP contribution in [0.3, 0.4) is 0 Å². The van der Waals surface area contributed by atoms with Crippen molar-refractivity contribution in [2.45, 2.75) is 13.5 Å². The van der Waals surface area contributed by atoms with Crippen LogP contribution in [-0.4, -0.2) is 64.4 Å². The Morgan fingerprint density at radius 2 is 2.26 bits per heavy atom. The Morgan fingerprint density at radius 1 is 1.53 bits per heavy atom. The van der Waals surface area contributed by atoms with Gasteiger partial charge in [-0.2, -0.15) is 0 Å². The van der Waals surface area contributed by atoms with E-state index in [1.807, 2.05) is 4.90 Å². The molecule has 1 rings (SSSR count). The fourth-order valence-electron chi connectivity index (χ4n) is 1.82. The molecule has 0 unspecified atom stereocenters. The van der Waals surface area contributed by atoms with Crippen molar-refractivity contribution < 1.29 is 14.8 Å². The van der Waals surface area contributed by atoms with E-state index < -0.39 is 4.92 Å². The van der Waals surface area contributed by atoms with Gasteiger partial charge in [-0.15, -0.1) is 0 Å². The monoisotopic (exact) mass is 272 g/mol. The smallest absolute Gasteiger partial charge is 0.342 e. The molecule has 0 aliphatic carbocycles. The van der Waals surface area contributed by atoms with Crippen molar-refractivity contribution in [2.24, 2.45) is 0 Å². The lowest BCUT2D eigenvalue weighted by atomic mass is 10.4. The summed E-state index contributed by atoms with van der Waals surface area (Å²) in [6.07, 6.45) is 1.26. The van der Waals surface area contributed by atoms with Gasteiger partial charge in [0.05, 0.1) is 13.2 Å². The predicted octanol–water partition coefficient (Wildman–Crippen LogP) is 0.0404. The van der Waals surface area contributed by atoms with E-state index in [9.17, 15) is 10.1 Å². The van der Waals surface area contributed by atoms with E-state index in [-0.39, 0.29) is 12.4 Å². The molecule has 0 aliphatic rings. The Bertz CT molecular complexity index is 407. The Hall–Kier alpha value is -1.51. The Kier molecular flexibility index (Phi) is 6.40. The average molecular weight is 272 g/mol. The van der Waals surface area contributed by atoms with Gasteiger partial charge in [0.15, 0.2) is 5.82 Å². The third-order valence-electron chi connectivity index (χ3n) is 2.89. The molecule has 0 radical (unpaired) electrons. The van der Waals surface area contributed by atoms with Gasteiger partial charge in [0.1, 0.15) is 12.7 Å². The van der Waals surface area contributed by atoms with Gasteiger partial charge in [0.2, 0.25) is 0 Å². The highest BCUT2D eigenvalue weighted by Gasteiger charge is 2.17. The van der Waals surface area contributed by atoms with E-state index in [4.69, 9.17) is 9.84 Å². The van der Waals surface area contributed by atoms with Crippen LogP contribution < -0.4 is 0 Å². The zero-order chi connectivity index (χ0) is 14.3. The summed E-state index contributed by atoms with van der Waals surface area (Å²) in [6, 6.07) is 0. The number of rotatable bonds is 9. The first-order valence-electron chi connectivity index (χ1n) is 6.08. The highest BCUT2D eigenvalue weighted by atomic mass is 16.6. The minimum absolute atomic E-state index is 0.00631. The van der Waals surface area contributed by atoms with Crippen molar-refractivity contribution >= 4 is 5.82 Å². The molecule has 19 heavy (non-hydrogen) atoms. The van der Waals surface area contributed by atoms with Gasteiger partial charge in [-0.3, -0.25) is 4.90 Å². The second-order valence-corrected chi connectivity index (χ2v) is 4.13. The lowest BCUT2D eigenvalue weighted by molar-refractivity contribution is -0.392. The molecular weight excluding hydrogens is 252 g/mol. The molecular formula is C11H20N4O4. The van der Waals surface area contributed by atoms with Crippen LogP contribution in [0.15, 0.2) is 6.20 Å². The van der Waals surface area contributed by atoms with Gasteiger partial charge in [-0.1, -0.05) is 0 Å². The fraction of sp³-hybridized carbons (Fsp3) is 0.727. The third-order valence-corrected chi connectivity index (χ3v) is 2.89. The summed E-state index contributed by atoms with van der Waals surface area (Å²) in [5, 5.41) is 19.8. The van der Waals surface area contributed by atoms with Gasteiger partial charge in [-0.05, 0) is 4.92 Å². The van der Waals surface area contributed by atoms with Crippen LogP contribution in [-0.2, 0) is 11.3 Å². The minimum atomic E-state index is -0.439. The highest BCUT2D eigenvalue weighted by Crippen LogP contribution is 2.13. The van der Waals surface area contributed by atoms with Crippen LogP contribution in [0.1, 0.15) is 5.82 Å². The number of ether oxygens (including phenoxy) is 1. The number of nitrogens with zero attached hydrogens (tertiary/aromatic N) is 4. The lowest BCUT2D eigenvalue weighted by Crippen LogP contribution is -2.33. The molecule has 0 saturated heterocycles. The normalized spacial score (nSPS) is 11.2. The summed E-state index contributed by atoms with van der Waals surface area (Å²) in [5.74, 6) is 0.607. The summed E-state index contributed by atoms with van der Waals surface area (Å²) in [4.78, 5) is 16.4. The molecule has 0 bridgehead atoms. The van der Waals surface area contributed by atoms with E-state index in [0.29, 0.717) is 38.6 Å². The van der Waals surface area contributed by atoms with Crippen LogP contribution in [0.5, 0.6) is 0 Å². The van der Waals surface area contributed by atoms with Crippen molar-refractivity contribution in [2.75, 3.05) is 40.0 Å². The predicted molar refractivity (Wildman–Crippen MR) is 69.0 cm³/mol. The first-order chi connectivity index (χ1) is 9.10. The molecule has 1 aromatic rings. The van der Waals surface area contributed by atoms with Crippen molar-refractivity contribution in [3.63, 3.8) is 0 Å². The molecule has 8 heteroatoms. The van der Waals surface area contributed by atoms with E-state index >= 15 is 0 Å². The van der Waals surface area contributed by atoms with E-state index in [2.05, 4.69) is 4.98 Å². The number of nitro groups is 1. The van der Waals surface area contributed by atoms with Crippen LogP contribution in [0.25, 0.3) is 0 Å².